The molecule has 1 aliphatic heterocycles. The molecule has 0 aliphatic carbocycles. The zero-order valence-corrected chi connectivity index (χ0v) is 16.5. The third-order valence-electron chi connectivity index (χ3n) is 4.82. The number of carbonyl (C=O) groups is 1. The molecule has 3 rings (SSSR count). The van der Waals surface area contributed by atoms with Crippen molar-refractivity contribution in [1.29, 1.82) is 0 Å². The molecular weight excluding hydrogens is 360 g/mol. The molecule has 4 nitrogen and oxygen atoms in total. The van der Waals surface area contributed by atoms with Gasteiger partial charge in [0.25, 0.3) is 5.91 Å². The van der Waals surface area contributed by atoms with E-state index >= 15 is 0 Å². The Morgan fingerprint density at radius 2 is 1.81 bits per heavy atom. The predicted molar refractivity (Wildman–Crippen MR) is 109 cm³/mol. The molecule has 0 spiro atoms. The summed E-state index contributed by atoms with van der Waals surface area (Å²) in [5.41, 5.74) is 2.41. The van der Waals surface area contributed by atoms with Crippen molar-refractivity contribution in [1.82, 2.24) is 10.2 Å². The van der Waals surface area contributed by atoms with Crippen LogP contribution in [0.15, 0.2) is 48.5 Å². The lowest BCUT2D eigenvalue weighted by molar-refractivity contribution is -0.127. The normalized spacial score (nSPS) is 15.9. The predicted octanol–water partition coefficient (Wildman–Crippen LogP) is 4.41. The minimum atomic E-state index is -0.582. The highest BCUT2D eigenvalue weighted by atomic mass is 35.5. The SMILES string of the molecule is CC(Oc1cccc(Cl)c1)C(=O)NCc1ccc(CN2CCCCC2)cc1. The van der Waals surface area contributed by atoms with Crippen LogP contribution in [0.3, 0.4) is 0 Å². The molecule has 0 bridgehead atoms. The van der Waals surface area contributed by atoms with Gasteiger partial charge in [0.15, 0.2) is 6.10 Å². The van der Waals surface area contributed by atoms with Gasteiger partial charge in [0.05, 0.1) is 0 Å². The van der Waals surface area contributed by atoms with Crippen LogP contribution in [0.1, 0.15) is 37.3 Å². The van der Waals surface area contributed by atoms with Crippen molar-refractivity contribution in [2.75, 3.05) is 13.1 Å². The lowest BCUT2D eigenvalue weighted by Gasteiger charge is -2.26. The van der Waals surface area contributed by atoms with E-state index in [0.717, 1.165) is 12.1 Å². The van der Waals surface area contributed by atoms with Crippen LogP contribution >= 0.6 is 11.6 Å². The van der Waals surface area contributed by atoms with Gasteiger partial charge in [-0.2, -0.15) is 0 Å². The van der Waals surface area contributed by atoms with E-state index < -0.39 is 6.10 Å². The number of amides is 1. The quantitative estimate of drug-likeness (QED) is 0.766. The van der Waals surface area contributed by atoms with Crippen molar-refractivity contribution in [3.8, 4) is 5.75 Å². The molecule has 2 aromatic carbocycles. The highest BCUT2D eigenvalue weighted by Crippen LogP contribution is 2.18. The molecule has 1 N–H and O–H groups in total. The van der Waals surface area contributed by atoms with Crippen molar-refractivity contribution in [3.05, 3.63) is 64.7 Å². The Bertz CT molecular complexity index is 742. The Morgan fingerprint density at radius 1 is 1.11 bits per heavy atom. The molecule has 0 saturated carbocycles. The second-order valence-electron chi connectivity index (χ2n) is 7.09. The van der Waals surface area contributed by atoms with Crippen LogP contribution in [0.2, 0.25) is 5.02 Å². The second-order valence-corrected chi connectivity index (χ2v) is 7.52. The maximum absolute atomic E-state index is 12.3. The molecule has 1 aliphatic rings. The first kappa shape index (κ1) is 19.7. The average molecular weight is 387 g/mol. The van der Waals surface area contributed by atoms with Crippen molar-refractivity contribution >= 4 is 17.5 Å². The van der Waals surface area contributed by atoms with Gasteiger partial charge < -0.3 is 10.1 Å². The minimum absolute atomic E-state index is 0.146. The van der Waals surface area contributed by atoms with Crippen LogP contribution in [0.5, 0.6) is 5.75 Å². The van der Waals surface area contributed by atoms with Crippen LogP contribution < -0.4 is 10.1 Å². The van der Waals surface area contributed by atoms with E-state index in [1.807, 2.05) is 0 Å². The number of piperidine rings is 1. The van der Waals surface area contributed by atoms with Crippen molar-refractivity contribution in [2.24, 2.45) is 0 Å². The largest absolute Gasteiger partial charge is 0.481 e. The van der Waals surface area contributed by atoms with Crippen molar-refractivity contribution in [2.45, 2.75) is 45.4 Å². The van der Waals surface area contributed by atoms with Gasteiger partial charge in [-0.1, -0.05) is 48.4 Å². The molecule has 1 fully saturated rings. The Labute approximate surface area is 166 Å². The molecule has 1 heterocycles. The molecule has 0 radical (unpaired) electrons. The van der Waals surface area contributed by atoms with Gasteiger partial charge in [0.2, 0.25) is 0 Å². The second kappa shape index (κ2) is 9.77. The summed E-state index contributed by atoms with van der Waals surface area (Å²) < 4.78 is 5.65. The number of hydrogen-bond acceptors (Lipinski definition) is 3. The smallest absolute Gasteiger partial charge is 0.261 e. The number of likely N-dealkylation sites (tertiary alicyclic amines) is 1. The lowest BCUT2D eigenvalue weighted by atomic mass is 10.1. The van der Waals surface area contributed by atoms with Gasteiger partial charge in [-0.05, 0) is 62.2 Å². The highest BCUT2D eigenvalue weighted by Gasteiger charge is 2.14. The summed E-state index contributed by atoms with van der Waals surface area (Å²) in [7, 11) is 0. The van der Waals surface area contributed by atoms with E-state index in [4.69, 9.17) is 16.3 Å². The van der Waals surface area contributed by atoms with E-state index in [1.54, 1.807) is 31.2 Å². The molecule has 1 atom stereocenters. The molecule has 1 unspecified atom stereocenters. The number of nitrogens with one attached hydrogen (secondary N) is 1. The summed E-state index contributed by atoms with van der Waals surface area (Å²) in [6, 6.07) is 15.5. The molecule has 1 amide bonds. The van der Waals surface area contributed by atoms with E-state index in [0.29, 0.717) is 17.3 Å². The Hall–Kier alpha value is -2.04. The number of hydrogen-bond donors (Lipinski definition) is 1. The lowest BCUT2D eigenvalue weighted by Crippen LogP contribution is -2.35. The van der Waals surface area contributed by atoms with Crippen LogP contribution in [0.4, 0.5) is 0 Å². The summed E-state index contributed by atoms with van der Waals surface area (Å²) in [6.07, 6.45) is 3.38. The zero-order valence-electron chi connectivity index (χ0n) is 15.8. The van der Waals surface area contributed by atoms with Gasteiger partial charge in [0.1, 0.15) is 5.75 Å². The molecule has 27 heavy (non-hydrogen) atoms. The van der Waals surface area contributed by atoms with Crippen LogP contribution in [-0.2, 0) is 17.9 Å². The summed E-state index contributed by atoms with van der Waals surface area (Å²) >= 11 is 5.94. The van der Waals surface area contributed by atoms with Crippen LogP contribution in [0.25, 0.3) is 0 Å². The van der Waals surface area contributed by atoms with Gasteiger partial charge in [-0.3, -0.25) is 9.69 Å². The Kier molecular flexibility index (Phi) is 7.13. The third-order valence-corrected chi connectivity index (χ3v) is 5.06. The summed E-state index contributed by atoms with van der Waals surface area (Å²) in [4.78, 5) is 14.8. The fraction of sp³-hybridized carbons (Fsp3) is 0.409. The highest BCUT2D eigenvalue weighted by molar-refractivity contribution is 6.30. The maximum atomic E-state index is 12.3. The first-order valence-electron chi connectivity index (χ1n) is 9.60. The summed E-state index contributed by atoms with van der Waals surface area (Å²) in [5.74, 6) is 0.444. The molecule has 2 aromatic rings. The van der Waals surface area contributed by atoms with E-state index in [9.17, 15) is 4.79 Å². The third kappa shape index (κ3) is 6.26. The average Bonchev–Trinajstić information content (AvgIpc) is 2.68. The Balaban J connectivity index is 1.45. The number of ether oxygens (including phenoxy) is 1. The van der Waals surface area contributed by atoms with Gasteiger partial charge in [-0.25, -0.2) is 0 Å². The zero-order chi connectivity index (χ0) is 19.1. The van der Waals surface area contributed by atoms with Crippen LogP contribution in [-0.4, -0.2) is 30.0 Å². The van der Waals surface area contributed by atoms with Gasteiger partial charge in [0, 0.05) is 18.1 Å². The number of benzene rings is 2. The Morgan fingerprint density at radius 3 is 2.52 bits per heavy atom. The number of nitrogens with zero attached hydrogens (tertiary/aromatic N) is 1. The topological polar surface area (TPSA) is 41.6 Å². The summed E-state index contributed by atoms with van der Waals surface area (Å²) in [5, 5.41) is 3.51. The van der Waals surface area contributed by atoms with E-state index in [-0.39, 0.29) is 5.91 Å². The maximum Gasteiger partial charge on any atom is 0.261 e. The van der Waals surface area contributed by atoms with Crippen LogP contribution in [0, 0.1) is 0 Å². The van der Waals surface area contributed by atoms with E-state index in [2.05, 4.69) is 34.5 Å². The van der Waals surface area contributed by atoms with E-state index in [1.165, 1.54) is 37.9 Å². The van der Waals surface area contributed by atoms with Crippen molar-refractivity contribution < 1.29 is 9.53 Å². The molecule has 1 saturated heterocycles. The van der Waals surface area contributed by atoms with Gasteiger partial charge in [-0.15, -0.1) is 0 Å². The fourth-order valence-corrected chi connectivity index (χ4v) is 3.45. The molecular formula is C22H27ClN2O2. The molecule has 144 valence electrons. The number of halogens is 1. The first-order valence-corrected chi connectivity index (χ1v) is 9.98. The number of rotatable bonds is 7. The fourth-order valence-electron chi connectivity index (χ4n) is 3.27. The molecule has 5 heteroatoms. The minimum Gasteiger partial charge on any atom is -0.481 e. The first-order chi connectivity index (χ1) is 13.1. The van der Waals surface area contributed by atoms with Crippen molar-refractivity contribution in [3.63, 3.8) is 0 Å². The monoisotopic (exact) mass is 386 g/mol. The summed E-state index contributed by atoms with van der Waals surface area (Å²) in [6.45, 7) is 5.63. The number of carbonyl (C=O) groups excluding carboxylic acids is 1. The standard InChI is InChI=1S/C22H27ClN2O2/c1-17(27-21-7-5-6-20(23)14-21)22(26)24-15-18-8-10-19(11-9-18)16-25-12-3-2-4-13-25/h5-11,14,17H,2-4,12-13,15-16H2,1H3,(H,24,26). The van der Waals surface area contributed by atoms with Gasteiger partial charge >= 0.3 is 0 Å². The molecule has 0 aromatic heterocycles.